The van der Waals surface area contributed by atoms with Crippen LogP contribution in [0.25, 0.3) is 0 Å². The van der Waals surface area contributed by atoms with E-state index in [1.54, 1.807) is 6.08 Å². The fraction of sp³-hybridized carbons (Fsp3) is 0.750. The van der Waals surface area contributed by atoms with E-state index in [0.29, 0.717) is 6.42 Å². The first-order valence-electron chi connectivity index (χ1n) is 3.88. The van der Waals surface area contributed by atoms with E-state index in [0.717, 1.165) is 12.8 Å². The lowest BCUT2D eigenvalue weighted by molar-refractivity contribution is 0.312. The van der Waals surface area contributed by atoms with Crippen molar-refractivity contribution in [2.24, 2.45) is 0 Å². The van der Waals surface area contributed by atoms with Crippen molar-refractivity contribution in [1.82, 2.24) is 0 Å². The normalized spacial score (nSPS) is 49.6. The molecular weight excluding hydrogens is 218 g/mol. The Balaban J connectivity index is 2.36. The molecule has 1 heterocycles. The third-order valence-corrected chi connectivity index (χ3v) is 4.14. The maximum atomic E-state index is 6.13. The van der Waals surface area contributed by atoms with Gasteiger partial charge < -0.3 is 4.74 Å². The van der Waals surface area contributed by atoms with Crippen molar-refractivity contribution in [2.45, 2.75) is 34.3 Å². The average molecular weight is 228 g/mol. The molecule has 0 bridgehead atoms. The van der Waals surface area contributed by atoms with Crippen LogP contribution in [0.1, 0.15) is 19.3 Å². The smallest absolute Gasteiger partial charge is 0.178 e. The summed E-state index contributed by atoms with van der Waals surface area (Å²) in [5.41, 5.74) is -0.719. The predicted octanol–water partition coefficient (Wildman–Crippen LogP) is 3.23. The molecule has 0 spiro atoms. The van der Waals surface area contributed by atoms with E-state index < -0.39 is 15.0 Å². The quantitative estimate of drug-likeness (QED) is 0.381. The molecule has 2 fully saturated rings. The number of hydrogen-bond acceptors (Lipinski definition) is 1. The highest BCUT2D eigenvalue weighted by Gasteiger charge is 2.78. The van der Waals surface area contributed by atoms with Gasteiger partial charge in [0.15, 0.2) is 15.0 Å². The molecule has 12 heavy (non-hydrogen) atoms. The number of alkyl halides is 3. The molecule has 0 aromatic carbocycles. The Morgan fingerprint density at radius 1 is 1.25 bits per heavy atom. The molecule has 2 atom stereocenters. The topological polar surface area (TPSA) is 12.5 Å². The van der Waals surface area contributed by atoms with Crippen LogP contribution in [-0.2, 0) is 4.74 Å². The van der Waals surface area contributed by atoms with Crippen LogP contribution in [0.4, 0.5) is 0 Å². The van der Waals surface area contributed by atoms with Gasteiger partial charge in [-0.2, -0.15) is 0 Å². The summed E-state index contributed by atoms with van der Waals surface area (Å²) in [7, 11) is 0. The molecular formula is C8H9Cl3O. The minimum Gasteiger partial charge on any atom is -0.338 e. The summed E-state index contributed by atoms with van der Waals surface area (Å²) in [5, 5.41) is -0.684. The standard InChI is InChI=1S/C8H9Cl3O/c1-2-6-7(9,10)4-3-5-8(6,11)12-6/h2H,1,3-5H2/t6-,8-/m0/s1. The van der Waals surface area contributed by atoms with Crippen LogP contribution < -0.4 is 0 Å². The van der Waals surface area contributed by atoms with E-state index in [1.807, 2.05) is 0 Å². The molecule has 0 unspecified atom stereocenters. The van der Waals surface area contributed by atoms with E-state index >= 15 is 0 Å². The molecule has 0 aromatic heterocycles. The summed E-state index contributed by atoms with van der Waals surface area (Å²) in [6, 6.07) is 0. The van der Waals surface area contributed by atoms with Crippen molar-refractivity contribution in [2.75, 3.05) is 0 Å². The van der Waals surface area contributed by atoms with Gasteiger partial charge in [-0.25, -0.2) is 0 Å². The molecule has 1 saturated carbocycles. The fourth-order valence-corrected chi connectivity index (χ4v) is 3.28. The van der Waals surface area contributed by atoms with E-state index in [-0.39, 0.29) is 0 Å². The molecule has 2 rings (SSSR count). The third kappa shape index (κ3) is 0.859. The number of epoxide rings is 1. The number of hydrogen-bond donors (Lipinski definition) is 0. The van der Waals surface area contributed by atoms with Crippen molar-refractivity contribution >= 4 is 34.8 Å². The molecule has 1 aliphatic carbocycles. The van der Waals surface area contributed by atoms with Gasteiger partial charge >= 0.3 is 0 Å². The summed E-state index contributed by atoms with van der Waals surface area (Å²) < 4.78 is 4.49. The van der Waals surface area contributed by atoms with E-state index in [4.69, 9.17) is 39.5 Å². The summed E-state index contributed by atoms with van der Waals surface area (Å²) in [6.07, 6.45) is 4.02. The van der Waals surface area contributed by atoms with Gasteiger partial charge in [-0.05, 0) is 19.3 Å². The second kappa shape index (κ2) is 2.33. The lowest BCUT2D eigenvalue weighted by Gasteiger charge is -2.30. The van der Waals surface area contributed by atoms with Crippen LogP contribution in [0.2, 0.25) is 0 Å². The molecule has 0 radical (unpaired) electrons. The van der Waals surface area contributed by atoms with Gasteiger partial charge in [0.05, 0.1) is 0 Å². The monoisotopic (exact) mass is 226 g/mol. The Kier molecular flexibility index (Phi) is 1.77. The first-order chi connectivity index (χ1) is 5.47. The zero-order chi connectivity index (χ0) is 9.04. The number of fused-ring (bicyclic) bond motifs is 1. The molecule has 1 aliphatic heterocycles. The SMILES string of the molecule is C=C[C@@]12O[C@@]1(Cl)CCCC2(Cl)Cl. The third-order valence-electron chi connectivity index (χ3n) is 2.66. The molecule has 0 N–H and O–H groups in total. The zero-order valence-corrected chi connectivity index (χ0v) is 8.72. The molecule has 4 heteroatoms. The number of ether oxygens (including phenoxy) is 1. The van der Waals surface area contributed by atoms with Gasteiger partial charge in [0.1, 0.15) is 0 Å². The van der Waals surface area contributed by atoms with Crippen LogP contribution in [0, 0.1) is 0 Å². The Bertz CT molecular complexity index is 240. The maximum Gasteiger partial charge on any atom is 0.178 e. The maximum absolute atomic E-state index is 6.13. The first kappa shape index (κ1) is 9.14. The Hall–Kier alpha value is 0.570. The van der Waals surface area contributed by atoms with Gasteiger partial charge in [0.2, 0.25) is 0 Å². The second-order valence-electron chi connectivity index (χ2n) is 3.33. The zero-order valence-electron chi connectivity index (χ0n) is 6.45. The summed E-state index contributed by atoms with van der Waals surface area (Å²) in [4.78, 5) is 0. The van der Waals surface area contributed by atoms with Gasteiger partial charge in [0.25, 0.3) is 0 Å². The fourth-order valence-electron chi connectivity index (χ4n) is 1.88. The van der Waals surface area contributed by atoms with Crippen molar-refractivity contribution in [3.63, 3.8) is 0 Å². The van der Waals surface area contributed by atoms with Crippen LogP contribution in [0.3, 0.4) is 0 Å². The van der Waals surface area contributed by atoms with Crippen molar-refractivity contribution < 1.29 is 4.74 Å². The molecule has 0 amide bonds. The summed E-state index contributed by atoms with van der Waals surface area (Å²) in [6.45, 7) is 3.66. The van der Waals surface area contributed by atoms with E-state index in [9.17, 15) is 0 Å². The highest BCUT2D eigenvalue weighted by atomic mass is 35.5. The van der Waals surface area contributed by atoms with E-state index in [1.165, 1.54) is 0 Å². The summed E-state index contributed by atoms with van der Waals surface area (Å²) >= 11 is 18.3. The number of halogens is 3. The largest absolute Gasteiger partial charge is 0.338 e. The van der Waals surface area contributed by atoms with Crippen molar-refractivity contribution in [1.29, 1.82) is 0 Å². The Morgan fingerprint density at radius 3 is 2.33 bits per heavy atom. The highest BCUT2D eigenvalue weighted by Crippen LogP contribution is 2.68. The molecule has 0 aromatic rings. The highest BCUT2D eigenvalue weighted by molar-refractivity contribution is 6.51. The Labute approximate surface area is 86.6 Å². The molecule has 1 nitrogen and oxygen atoms in total. The molecule has 68 valence electrons. The van der Waals surface area contributed by atoms with Gasteiger partial charge in [-0.3, -0.25) is 0 Å². The average Bonchev–Trinajstić information content (AvgIpc) is 2.58. The second-order valence-corrected chi connectivity index (χ2v) is 5.42. The van der Waals surface area contributed by atoms with Crippen LogP contribution in [-0.4, -0.2) is 15.0 Å². The lowest BCUT2D eigenvalue weighted by Crippen LogP contribution is -2.41. The molecule has 1 saturated heterocycles. The van der Waals surface area contributed by atoms with Gasteiger partial charge in [0, 0.05) is 0 Å². The van der Waals surface area contributed by atoms with Crippen LogP contribution in [0.5, 0.6) is 0 Å². The lowest BCUT2D eigenvalue weighted by atomic mass is 9.87. The Morgan fingerprint density at radius 2 is 1.92 bits per heavy atom. The molecule has 2 aliphatic rings. The van der Waals surface area contributed by atoms with Gasteiger partial charge in [-0.15, -0.1) is 0 Å². The summed E-state index contributed by atoms with van der Waals surface area (Å²) in [5.74, 6) is 0. The van der Waals surface area contributed by atoms with Gasteiger partial charge in [-0.1, -0.05) is 47.5 Å². The first-order valence-corrected chi connectivity index (χ1v) is 5.01. The van der Waals surface area contributed by atoms with Crippen LogP contribution >= 0.6 is 34.8 Å². The minimum absolute atomic E-state index is 0.684. The van der Waals surface area contributed by atoms with Crippen molar-refractivity contribution in [3.8, 4) is 0 Å². The predicted molar refractivity (Wildman–Crippen MR) is 50.9 cm³/mol. The number of rotatable bonds is 1. The van der Waals surface area contributed by atoms with Crippen molar-refractivity contribution in [3.05, 3.63) is 12.7 Å². The minimum atomic E-state index is -0.908. The van der Waals surface area contributed by atoms with Crippen LogP contribution in [0.15, 0.2) is 12.7 Å². The van der Waals surface area contributed by atoms with E-state index in [2.05, 4.69) is 6.58 Å².